The molecule has 148 valence electrons. The zero-order valence-electron chi connectivity index (χ0n) is 16.6. The van der Waals surface area contributed by atoms with E-state index in [4.69, 9.17) is 9.47 Å². The van der Waals surface area contributed by atoms with Gasteiger partial charge in [-0.25, -0.2) is 0 Å². The van der Waals surface area contributed by atoms with Crippen molar-refractivity contribution in [3.63, 3.8) is 0 Å². The Morgan fingerprint density at radius 3 is 2.57 bits per heavy atom. The molecule has 28 heavy (non-hydrogen) atoms. The van der Waals surface area contributed by atoms with Crippen LogP contribution in [-0.2, 0) is 11.3 Å². The first-order valence-electron chi connectivity index (χ1n) is 9.15. The van der Waals surface area contributed by atoms with Crippen molar-refractivity contribution in [2.24, 2.45) is 4.99 Å². The van der Waals surface area contributed by atoms with E-state index in [1.807, 2.05) is 60.8 Å². The summed E-state index contributed by atoms with van der Waals surface area (Å²) in [6, 6.07) is 13.4. The Balaban J connectivity index is 2.02. The molecule has 0 bridgehead atoms. The summed E-state index contributed by atoms with van der Waals surface area (Å²) >= 11 is 1.48. The molecule has 0 aliphatic rings. The average Bonchev–Trinajstić information content (AvgIpc) is 3.02. The van der Waals surface area contributed by atoms with Crippen LogP contribution in [0, 0.1) is 0 Å². The third kappa shape index (κ3) is 4.43. The SMILES string of the molecule is CCOc1ccc2c(c1)sc(=NC(=O)c1ccc(N(C)C)cc1)n2CCOC. The van der Waals surface area contributed by atoms with Crippen molar-refractivity contribution in [2.75, 3.05) is 39.3 Å². The van der Waals surface area contributed by atoms with E-state index in [1.54, 1.807) is 19.2 Å². The fourth-order valence-corrected chi connectivity index (χ4v) is 3.93. The number of rotatable bonds is 7. The van der Waals surface area contributed by atoms with Crippen LogP contribution in [0.25, 0.3) is 10.2 Å². The zero-order chi connectivity index (χ0) is 20.1. The van der Waals surface area contributed by atoms with Gasteiger partial charge < -0.3 is 18.9 Å². The number of benzene rings is 2. The van der Waals surface area contributed by atoms with Crippen molar-refractivity contribution in [2.45, 2.75) is 13.5 Å². The van der Waals surface area contributed by atoms with Gasteiger partial charge >= 0.3 is 0 Å². The Kier molecular flexibility index (Phi) is 6.49. The van der Waals surface area contributed by atoms with Gasteiger partial charge in [-0.15, -0.1) is 0 Å². The van der Waals surface area contributed by atoms with Gasteiger partial charge in [0.05, 0.1) is 23.4 Å². The van der Waals surface area contributed by atoms with Gasteiger partial charge in [0.25, 0.3) is 5.91 Å². The largest absolute Gasteiger partial charge is 0.494 e. The summed E-state index contributed by atoms with van der Waals surface area (Å²) in [7, 11) is 5.60. The summed E-state index contributed by atoms with van der Waals surface area (Å²) in [6.07, 6.45) is 0. The minimum absolute atomic E-state index is 0.256. The molecule has 3 aromatic rings. The van der Waals surface area contributed by atoms with Crippen LogP contribution in [0.5, 0.6) is 5.75 Å². The molecular formula is C21H25N3O3S. The molecule has 0 fully saturated rings. The Hall–Kier alpha value is -2.64. The Labute approximate surface area is 168 Å². The van der Waals surface area contributed by atoms with Crippen LogP contribution in [0.1, 0.15) is 17.3 Å². The van der Waals surface area contributed by atoms with E-state index in [1.165, 1.54) is 11.3 Å². The van der Waals surface area contributed by atoms with E-state index in [0.29, 0.717) is 30.1 Å². The standard InChI is InChI=1S/C21H25N3O3S/c1-5-27-17-10-11-18-19(14-17)28-21(24(18)12-13-26-4)22-20(25)15-6-8-16(9-7-15)23(2)3/h6-11,14H,5,12-13H2,1-4H3. The van der Waals surface area contributed by atoms with E-state index in [-0.39, 0.29) is 5.91 Å². The van der Waals surface area contributed by atoms with Crippen molar-refractivity contribution in [1.82, 2.24) is 4.57 Å². The van der Waals surface area contributed by atoms with E-state index in [9.17, 15) is 4.79 Å². The lowest BCUT2D eigenvalue weighted by molar-refractivity contribution is 0.0997. The molecule has 1 amide bonds. The number of fused-ring (bicyclic) bond motifs is 1. The molecule has 0 saturated heterocycles. The molecule has 3 rings (SSSR count). The third-order valence-electron chi connectivity index (χ3n) is 4.31. The molecule has 0 aliphatic carbocycles. The second kappa shape index (κ2) is 9.03. The normalized spacial score (nSPS) is 11.8. The topological polar surface area (TPSA) is 56.1 Å². The van der Waals surface area contributed by atoms with Crippen LogP contribution in [0.2, 0.25) is 0 Å². The lowest BCUT2D eigenvalue weighted by Gasteiger charge is -2.11. The Morgan fingerprint density at radius 2 is 1.93 bits per heavy atom. The smallest absolute Gasteiger partial charge is 0.279 e. The number of hydrogen-bond acceptors (Lipinski definition) is 5. The monoisotopic (exact) mass is 399 g/mol. The quantitative estimate of drug-likeness (QED) is 0.610. The number of anilines is 1. The minimum atomic E-state index is -0.256. The molecule has 0 unspecified atom stereocenters. The highest BCUT2D eigenvalue weighted by Crippen LogP contribution is 2.23. The summed E-state index contributed by atoms with van der Waals surface area (Å²) < 4.78 is 13.9. The van der Waals surface area contributed by atoms with Gasteiger partial charge in [-0.05, 0) is 49.4 Å². The van der Waals surface area contributed by atoms with Crippen LogP contribution in [0.15, 0.2) is 47.5 Å². The summed E-state index contributed by atoms with van der Waals surface area (Å²) in [6.45, 7) is 3.73. The van der Waals surface area contributed by atoms with Crippen LogP contribution < -0.4 is 14.4 Å². The number of hydrogen-bond donors (Lipinski definition) is 0. The van der Waals surface area contributed by atoms with Gasteiger partial charge in [-0.2, -0.15) is 4.99 Å². The van der Waals surface area contributed by atoms with Gasteiger partial charge in [0, 0.05) is 39.0 Å². The highest BCUT2D eigenvalue weighted by atomic mass is 32.1. The van der Waals surface area contributed by atoms with Crippen LogP contribution >= 0.6 is 11.3 Å². The molecule has 6 nitrogen and oxygen atoms in total. The number of aromatic nitrogens is 1. The predicted octanol–water partition coefficient (Wildman–Crippen LogP) is 3.56. The highest BCUT2D eigenvalue weighted by Gasteiger charge is 2.11. The molecule has 0 spiro atoms. The van der Waals surface area contributed by atoms with Crippen molar-refractivity contribution in [3.05, 3.63) is 52.8 Å². The molecule has 1 heterocycles. The number of carbonyl (C=O) groups excluding carboxylic acids is 1. The minimum Gasteiger partial charge on any atom is -0.494 e. The van der Waals surface area contributed by atoms with Crippen molar-refractivity contribution in [3.8, 4) is 5.75 Å². The number of thiazole rings is 1. The van der Waals surface area contributed by atoms with E-state index < -0.39 is 0 Å². The van der Waals surface area contributed by atoms with Gasteiger partial charge in [0.2, 0.25) is 0 Å². The summed E-state index contributed by atoms with van der Waals surface area (Å²) in [5.41, 5.74) is 2.62. The van der Waals surface area contributed by atoms with Crippen LogP contribution in [0.3, 0.4) is 0 Å². The molecule has 1 aromatic heterocycles. The first kappa shape index (κ1) is 20.1. The molecule has 0 aliphatic heterocycles. The van der Waals surface area contributed by atoms with E-state index >= 15 is 0 Å². The molecule has 0 N–H and O–H groups in total. The molecule has 0 radical (unpaired) electrons. The lowest BCUT2D eigenvalue weighted by atomic mass is 10.2. The van der Waals surface area contributed by atoms with Gasteiger partial charge in [0.1, 0.15) is 5.75 Å². The first-order valence-corrected chi connectivity index (χ1v) is 9.96. The lowest BCUT2D eigenvalue weighted by Crippen LogP contribution is -2.19. The average molecular weight is 400 g/mol. The first-order chi connectivity index (χ1) is 13.5. The fraction of sp³-hybridized carbons (Fsp3) is 0.333. The van der Waals surface area contributed by atoms with Gasteiger partial charge in [-0.3, -0.25) is 4.79 Å². The molecular weight excluding hydrogens is 374 g/mol. The van der Waals surface area contributed by atoms with Crippen molar-refractivity contribution in [1.29, 1.82) is 0 Å². The number of carbonyl (C=O) groups is 1. The van der Waals surface area contributed by atoms with Crippen molar-refractivity contribution < 1.29 is 14.3 Å². The highest BCUT2D eigenvalue weighted by molar-refractivity contribution is 7.16. The Bertz CT molecular complexity index is 1020. The van der Waals surface area contributed by atoms with Crippen LogP contribution in [-0.4, -0.2) is 44.9 Å². The summed E-state index contributed by atoms with van der Waals surface area (Å²) in [4.78, 5) is 19.8. The van der Waals surface area contributed by atoms with E-state index in [2.05, 4.69) is 4.99 Å². The summed E-state index contributed by atoms with van der Waals surface area (Å²) in [5, 5.41) is 0. The number of amides is 1. The van der Waals surface area contributed by atoms with Crippen LogP contribution in [0.4, 0.5) is 5.69 Å². The second-order valence-corrected chi connectivity index (χ2v) is 7.46. The molecule has 0 saturated carbocycles. The molecule has 0 atom stereocenters. The number of nitrogens with zero attached hydrogens (tertiary/aromatic N) is 3. The third-order valence-corrected chi connectivity index (χ3v) is 5.35. The Morgan fingerprint density at radius 1 is 1.18 bits per heavy atom. The zero-order valence-corrected chi connectivity index (χ0v) is 17.5. The second-order valence-electron chi connectivity index (χ2n) is 6.45. The van der Waals surface area contributed by atoms with Gasteiger partial charge in [-0.1, -0.05) is 11.3 Å². The number of methoxy groups -OCH3 is 1. The molecule has 7 heteroatoms. The predicted molar refractivity (Wildman–Crippen MR) is 114 cm³/mol. The molecule has 2 aromatic carbocycles. The number of ether oxygens (including phenoxy) is 2. The van der Waals surface area contributed by atoms with E-state index in [0.717, 1.165) is 21.7 Å². The summed E-state index contributed by atoms with van der Waals surface area (Å²) in [5.74, 6) is 0.556. The van der Waals surface area contributed by atoms with Crippen molar-refractivity contribution >= 4 is 33.1 Å². The maximum atomic E-state index is 12.7. The maximum Gasteiger partial charge on any atom is 0.279 e. The van der Waals surface area contributed by atoms with Gasteiger partial charge in [0.15, 0.2) is 4.80 Å². The fourth-order valence-electron chi connectivity index (χ4n) is 2.85. The maximum absolute atomic E-state index is 12.7.